The van der Waals surface area contributed by atoms with E-state index in [1.165, 1.54) is 0 Å². The van der Waals surface area contributed by atoms with Crippen molar-refractivity contribution in [2.45, 2.75) is 13.3 Å². The highest BCUT2D eigenvalue weighted by Crippen LogP contribution is 2.16. The average molecular weight is 370 g/mol. The van der Waals surface area contributed by atoms with Crippen molar-refractivity contribution < 1.29 is 4.74 Å². The molecule has 0 aliphatic heterocycles. The number of methoxy groups -OCH3 is 1. The van der Waals surface area contributed by atoms with Gasteiger partial charge in [0, 0.05) is 31.4 Å². The minimum absolute atomic E-state index is 0.612. The Bertz CT molecular complexity index is 545. The topological polar surface area (TPSA) is 59.9 Å². The van der Waals surface area contributed by atoms with E-state index >= 15 is 0 Å². The number of hydrogen-bond acceptors (Lipinski definition) is 5. The molecule has 0 saturated carbocycles. The van der Waals surface area contributed by atoms with Gasteiger partial charge in [-0.25, -0.2) is 15.0 Å². The highest BCUT2D eigenvalue weighted by molar-refractivity contribution is 14.1. The second-order valence-corrected chi connectivity index (χ2v) is 5.06. The maximum Gasteiger partial charge on any atom is 0.212 e. The molecule has 100 valence electrons. The van der Waals surface area contributed by atoms with Crippen LogP contribution < -0.4 is 10.1 Å². The first-order valence-electron chi connectivity index (χ1n) is 5.97. The fourth-order valence-electron chi connectivity index (χ4n) is 1.60. The predicted octanol–water partition coefficient (Wildman–Crippen LogP) is 2.51. The number of aromatic nitrogens is 3. The smallest absolute Gasteiger partial charge is 0.212 e. The van der Waals surface area contributed by atoms with Crippen molar-refractivity contribution in [1.29, 1.82) is 0 Å². The Balaban J connectivity index is 2.15. The molecule has 2 aromatic rings. The molecule has 0 radical (unpaired) electrons. The van der Waals surface area contributed by atoms with Crippen LogP contribution in [0.3, 0.4) is 0 Å². The summed E-state index contributed by atoms with van der Waals surface area (Å²) in [6.45, 7) is 2.89. The average Bonchev–Trinajstić information content (AvgIpc) is 2.44. The molecular formula is C13H15IN4O. The van der Waals surface area contributed by atoms with Gasteiger partial charge in [-0.3, -0.25) is 0 Å². The lowest BCUT2D eigenvalue weighted by Crippen LogP contribution is -2.06. The summed E-state index contributed by atoms with van der Waals surface area (Å²) in [6.07, 6.45) is 4.28. The van der Waals surface area contributed by atoms with Crippen molar-refractivity contribution in [3.63, 3.8) is 0 Å². The van der Waals surface area contributed by atoms with Gasteiger partial charge >= 0.3 is 0 Å². The first-order chi connectivity index (χ1) is 9.22. The van der Waals surface area contributed by atoms with Gasteiger partial charge in [0.25, 0.3) is 0 Å². The summed E-state index contributed by atoms with van der Waals surface area (Å²) in [4.78, 5) is 13.0. The number of anilines is 1. The summed E-state index contributed by atoms with van der Waals surface area (Å²) in [6, 6.07) is 3.81. The second-order valence-electron chi connectivity index (χ2n) is 3.90. The summed E-state index contributed by atoms with van der Waals surface area (Å²) in [5.74, 6) is 2.28. The molecule has 0 saturated heterocycles. The molecule has 5 nitrogen and oxygen atoms in total. The van der Waals surface area contributed by atoms with Crippen molar-refractivity contribution in [3.05, 3.63) is 39.5 Å². The van der Waals surface area contributed by atoms with Crippen LogP contribution in [0, 0.1) is 3.57 Å². The van der Waals surface area contributed by atoms with E-state index in [1.54, 1.807) is 13.3 Å². The summed E-state index contributed by atoms with van der Waals surface area (Å²) in [7, 11) is 1.60. The van der Waals surface area contributed by atoms with Crippen LogP contribution in [0.4, 0.5) is 5.82 Å². The van der Waals surface area contributed by atoms with Crippen molar-refractivity contribution in [2.75, 3.05) is 19.0 Å². The Hall–Kier alpha value is -1.44. The Morgan fingerprint density at radius 3 is 2.74 bits per heavy atom. The van der Waals surface area contributed by atoms with Gasteiger partial charge in [0.05, 0.1) is 10.7 Å². The minimum Gasteiger partial charge on any atom is -0.481 e. The molecule has 0 amide bonds. The van der Waals surface area contributed by atoms with Crippen molar-refractivity contribution >= 4 is 28.4 Å². The summed E-state index contributed by atoms with van der Waals surface area (Å²) in [5.41, 5.74) is 1.06. The molecule has 2 rings (SSSR count). The van der Waals surface area contributed by atoms with Crippen LogP contribution in [0.15, 0.2) is 24.5 Å². The molecule has 1 N–H and O–H groups in total. The van der Waals surface area contributed by atoms with Crippen LogP contribution >= 0.6 is 22.6 Å². The number of hydrogen-bond donors (Lipinski definition) is 1. The third-order valence-corrected chi connectivity index (χ3v) is 3.30. The molecule has 0 bridgehead atoms. The molecule has 0 aliphatic rings. The zero-order chi connectivity index (χ0) is 13.7. The van der Waals surface area contributed by atoms with Crippen LogP contribution in [0.25, 0.3) is 0 Å². The van der Waals surface area contributed by atoms with Crippen LogP contribution in [0.2, 0.25) is 0 Å². The third kappa shape index (κ3) is 3.76. The number of rotatable bonds is 5. The van der Waals surface area contributed by atoms with Crippen molar-refractivity contribution in [2.24, 2.45) is 0 Å². The molecule has 19 heavy (non-hydrogen) atoms. The fraction of sp³-hybridized carbons (Fsp3) is 0.308. The molecule has 0 aliphatic carbocycles. The number of ether oxygens (including phenoxy) is 1. The van der Waals surface area contributed by atoms with E-state index in [0.717, 1.165) is 27.3 Å². The van der Waals surface area contributed by atoms with E-state index in [1.807, 2.05) is 25.3 Å². The van der Waals surface area contributed by atoms with Crippen LogP contribution in [-0.4, -0.2) is 28.6 Å². The molecule has 0 atom stereocenters. The number of nitrogens with one attached hydrogen (secondary N) is 1. The van der Waals surface area contributed by atoms with Crippen LogP contribution in [0.1, 0.15) is 18.3 Å². The molecule has 0 unspecified atom stereocenters. The van der Waals surface area contributed by atoms with Gasteiger partial charge in [-0.2, -0.15) is 0 Å². The zero-order valence-corrected chi connectivity index (χ0v) is 13.0. The second kappa shape index (κ2) is 6.65. The number of pyridine rings is 1. The normalized spacial score (nSPS) is 10.3. The van der Waals surface area contributed by atoms with E-state index in [2.05, 4.69) is 42.9 Å². The molecule has 2 heterocycles. The number of nitrogens with zero attached hydrogens (tertiary/aromatic N) is 3. The first kappa shape index (κ1) is 14.0. The SMILES string of the molecule is CCNc1nc(Cc2ccc(OC)nc2)ncc1I. The van der Waals surface area contributed by atoms with Gasteiger partial charge in [-0.1, -0.05) is 6.07 Å². The molecule has 0 fully saturated rings. The van der Waals surface area contributed by atoms with Gasteiger partial charge in [0.1, 0.15) is 11.6 Å². The standard InChI is InChI=1S/C13H15IN4O/c1-3-15-13-10(14)8-16-11(18-13)6-9-4-5-12(19-2)17-7-9/h4-5,7-8H,3,6H2,1-2H3,(H,15,16,18). The Morgan fingerprint density at radius 1 is 1.26 bits per heavy atom. The zero-order valence-electron chi connectivity index (χ0n) is 10.9. The highest BCUT2D eigenvalue weighted by atomic mass is 127. The van der Waals surface area contributed by atoms with Gasteiger partial charge < -0.3 is 10.1 Å². The van der Waals surface area contributed by atoms with Gasteiger partial charge in [0.15, 0.2) is 0 Å². The Kier molecular flexibility index (Phi) is 4.89. The molecule has 2 aromatic heterocycles. The lowest BCUT2D eigenvalue weighted by molar-refractivity contribution is 0.397. The molecular weight excluding hydrogens is 355 g/mol. The van der Waals surface area contributed by atoms with E-state index in [4.69, 9.17) is 4.74 Å². The lowest BCUT2D eigenvalue weighted by atomic mass is 10.2. The Labute approximate surface area is 126 Å². The predicted molar refractivity (Wildman–Crippen MR) is 82.5 cm³/mol. The summed E-state index contributed by atoms with van der Waals surface area (Å²) < 4.78 is 6.06. The maximum atomic E-state index is 5.03. The van der Waals surface area contributed by atoms with E-state index in [-0.39, 0.29) is 0 Å². The van der Waals surface area contributed by atoms with Crippen molar-refractivity contribution in [3.8, 4) is 5.88 Å². The van der Waals surface area contributed by atoms with E-state index in [9.17, 15) is 0 Å². The molecule has 0 spiro atoms. The first-order valence-corrected chi connectivity index (χ1v) is 7.05. The monoisotopic (exact) mass is 370 g/mol. The molecule has 0 aromatic carbocycles. The molecule has 6 heteroatoms. The quantitative estimate of drug-likeness (QED) is 0.820. The third-order valence-electron chi connectivity index (χ3n) is 2.51. The Morgan fingerprint density at radius 2 is 2.11 bits per heavy atom. The van der Waals surface area contributed by atoms with Crippen LogP contribution in [0.5, 0.6) is 5.88 Å². The van der Waals surface area contributed by atoms with Gasteiger partial charge in [-0.05, 0) is 35.1 Å². The van der Waals surface area contributed by atoms with Crippen LogP contribution in [-0.2, 0) is 6.42 Å². The fourth-order valence-corrected chi connectivity index (χ4v) is 2.05. The lowest BCUT2D eigenvalue weighted by Gasteiger charge is -2.07. The van der Waals surface area contributed by atoms with Gasteiger partial charge in [0.2, 0.25) is 5.88 Å². The largest absolute Gasteiger partial charge is 0.481 e. The minimum atomic E-state index is 0.612. The highest BCUT2D eigenvalue weighted by Gasteiger charge is 2.05. The van der Waals surface area contributed by atoms with E-state index < -0.39 is 0 Å². The van der Waals surface area contributed by atoms with E-state index in [0.29, 0.717) is 12.3 Å². The maximum absolute atomic E-state index is 5.03. The van der Waals surface area contributed by atoms with Crippen molar-refractivity contribution in [1.82, 2.24) is 15.0 Å². The summed E-state index contributed by atoms with van der Waals surface area (Å²) >= 11 is 2.22. The number of halogens is 1. The van der Waals surface area contributed by atoms with Gasteiger partial charge in [-0.15, -0.1) is 0 Å². The summed E-state index contributed by atoms with van der Waals surface area (Å²) in [5, 5.41) is 3.23.